The van der Waals surface area contributed by atoms with E-state index in [-0.39, 0.29) is 24.5 Å². The third-order valence-electron chi connectivity index (χ3n) is 3.12. The Hall–Kier alpha value is -1.55. The molecule has 17 heavy (non-hydrogen) atoms. The summed E-state index contributed by atoms with van der Waals surface area (Å²) in [4.78, 5) is 12.0. The molecule has 0 aliphatic heterocycles. The van der Waals surface area contributed by atoms with E-state index in [1.807, 2.05) is 20.8 Å². The number of nitrogen functional groups attached to an aromatic ring is 1. The van der Waals surface area contributed by atoms with Crippen LogP contribution in [-0.2, 0) is 0 Å². The Kier molecular flexibility index (Phi) is 4.52. The molecule has 4 heteroatoms. The average Bonchev–Trinajstić information content (AvgIpc) is 2.31. The fraction of sp³-hybridized carbons (Fsp3) is 0.462. The molecular formula is C13H20N2O2. The van der Waals surface area contributed by atoms with Crippen molar-refractivity contribution >= 4 is 11.6 Å². The van der Waals surface area contributed by atoms with E-state index in [0.29, 0.717) is 11.3 Å². The van der Waals surface area contributed by atoms with E-state index in [1.165, 1.54) is 0 Å². The molecule has 0 radical (unpaired) electrons. The maximum Gasteiger partial charge on any atom is 0.251 e. The van der Waals surface area contributed by atoms with Crippen LogP contribution in [0, 0.1) is 12.8 Å². The van der Waals surface area contributed by atoms with Gasteiger partial charge in [0, 0.05) is 23.9 Å². The van der Waals surface area contributed by atoms with Gasteiger partial charge in [-0.05, 0) is 37.5 Å². The highest BCUT2D eigenvalue weighted by molar-refractivity contribution is 5.97. The van der Waals surface area contributed by atoms with E-state index >= 15 is 0 Å². The molecule has 1 aromatic carbocycles. The number of carbonyl (C=O) groups excluding carboxylic acids is 1. The highest BCUT2D eigenvalue weighted by atomic mass is 16.3. The Morgan fingerprint density at radius 2 is 2.12 bits per heavy atom. The molecule has 0 aliphatic carbocycles. The maximum absolute atomic E-state index is 12.0. The van der Waals surface area contributed by atoms with Gasteiger partial charge >= 0.3 is 0 Å². The van der Waals surface area contributed by atoms with Gasteiger partial charge in [0.05, 0.1) is 0 Å². The molecule has 1 amide bonds. The largest absolute Gasteiger partial charge is 0.398 e. The lowest BCUT2D eigenvalue weighted by molar-refractivity contribution is 0.0915. The van der Waals surface area contributed by atoms with Crippen molar-refractivity contribution in [3.05, 3.63) is 29.3 Å². The molecule has 4 N–H and O–H groups in total. The number of aliphatic hydroxyl groups excluding tert-OH is 1. The fourth-order valence-corrected chi connectivity index (χ4v) is 1.48. The number of aliphatic hydroxyl groups is 1. The highest BCUT2D eigenvalue weighted by Crippen LogP contribution is 2.15. The molecule has 0 aromatic heterocycles. The molecule has 0 fully saturated rings. The average molecular weight is 236 g/mol. The van der Waals surface area contributed by atoms with Crippen LogP contribution < -0.4 is 11.1 Å². The van der Waals surface area contributed by atoms with E-state index in [1.54, 1.807) is 18.2 Å². The topological polar surface area (TPSA) is 75.4 Å². The minimum Gasteiger partial charge on any atom is -0.398 e. The Morgan fingerprint density at radius 3 is 2.71 bits per heavy atom. The van der Waals surface area contributed by atoms with Crippen LogP contribution in [0.4, 0.5) is 5.69 Å². The number of rotatable bonds is 4. The van der Waals surface area contributed by atoms with Gasteiger partial charge in [-0.3, -0.25) is 4.79 Å². The molecule has 0 saturated carbocycles. The molecule has 4 nitrogen and oxygen atoms in total. The van der Waals surface area contributed by atoms with Gasteiger partial charge in [-0.25, -0.2) is 0 Å². The van der Waals surface area contributed by atoms with Crippen LogP contribution >= 0.6 is 0 Å². The van der Waals surface area contributed by atoms with Crippen LogP contribution in [0.3, 0.4) is 0 Å². The minimum absolute atomic E-state index is 0.0281. The maximum atomic E-state index is 12.0. The first-order valence-electron chi connectivity index (χ1n) is 5.74. The summed E-state index contributed by atoms with van der Waals surface area (Å²) in [6, 6.07) is 5.20. The lowest BCUT2D eigenvalue weighted by atomic mass is 10.0. The van der Waals surface area contributed by atoms with Crippen molar-refractivity contribution in [2.75, 3.05) is 12.3 Å². The second-order valence-corrected chi connectivity index (χ2v) is 4.44. The summed E-state index contributed by atoms with van der Waals surface area (Å²) in [5.41, 5.74) is 7.74. The fourth-order valence-electron chi connectivity index (χ4n) is 1.48. The summed E-state index contributed by atoms with van der Waals surface area (Å²) in [7, 11) is 0. The molecule has 2 atom stereocenters. The molecule has 1 rings (SSSR count). The lowest BCUT2D eigenvalue weighted by Gasteiger charge is -2.20. The van der Waals surface area contributed by atoms with Gasteiger partial charge in [-0.1, -0.05) is 13.0 Å². The number of nitrogens with two attached hydrogens (primary N) is 1. The number of anilines is 1. The molecule has 0 aliphatic rings. The van der Waals surface area contributed by atoms with Gasteiger partial charge in [0.1, 0.15) is 0 Å². The van der Waals surface area contributed by atoms with E-state index in [0.717, 1.165) is 5.56 Å². The predicted molar refractivity (Wildman–Crippen MR) is 68.8 cm³/mol. The van der Waals surface area contributed by atoms with Crippen molar-refractivity contribution in [3.63, 3.8) is 0 Å². The van der Waals surface area contributed by atoms with Gasteiger partial charge in [0.2, 0.25) is 0 Å². The van der Waals surface area contributed by atoms with Crippen LogP contribution in [0.25, 0.3) is 0 Å². The summed E-state index contributed by atoms with van der Waals surface area (Å²) in [5.74, 6) is -0.122. The summed E-state index contributed by atoms with van der Waals surface area (Å²) in [6.07, 6.45) is 0. The molecule has 0 heterocycles. The van der Waals surface area contributed by atoms with Crippen LogP contribution in [0.5, 0.6) is 0 Å². The quantitative estimate of drug-likeness (QED) is 0.690. The van der Waals surface area contributed by atoms with Gasteiger partial charge in [-0.15, -0.1) is 0 Å². The van der Waals surface area contributed by atoms with Crippen molar-refractivity contribution in [3.8, 4) is 0 Å². The number of benzene rings is 1. The summed E-state index contributed by atoms with van der Waals surface area (Å²) in [6.45, 7) is 5.64. The number of carbonyl (C=O) groups is 1. The Morgan fingerprint density at radius 1 is 1.47 bits per heavy atom. The molecule has 2 unspecified atom stereocenters. The SMILES string of the molecule is Cc1c(N)cccc1C(=O)NC(C)C(C)CO. The monoisotopic (exact) mass is 236 g/mol. The van der Waals surface area contributed by atoms with E-state index < -0.39 is 0 Å². The Bertz CT molecular complexity index is 404. The molecule has 0 spiro atoms. The van der Waals surface area contributed by atoms with Crippen molar-refractivity contribution in [1.29, 1.82) is 0 Å². The third kappa shape index (κ3) is 3.20. The third-order valence-corrected chi connectivity index (χ3v) is 3.12. The summed E-state index contributed by atoms with van der Waals surface area (Å²) < 4.78 is 0. The first-order valence-corrected chi connectivity index (χ1v) is 5.74. The van der Waals surface area contributed by atoms with Crippen molar-refractivity contribution < 1.29 is 9.90 Å². The summed E-state index contributed by atoms with van der Waals surface area (Å²) >= 11 is 0. The smallest absolute Gasteiger partial charge is 0.251 e. The van der Waals surface area contributed by atoms with Gasteiger partial charge in [0.15, 0.2) is 0 Å². The van der Waals surface area contributed by atoms with E-state index in [2.05, 4.69) is 5.32 Å². The van der Waals surface area contributed by atoms with Crippen molar-refractivity contribution in [1.82, 2.24) is 5.32 Å². The van der Waals surface area contributed by atoms with E-state index in [9.17, 15) is 4.79 Å². The molecule has 94 valence electrons. The number of hydrogen-bond donors (Lipinski definition) is 3. The van der Waals surface area contributed by atoms with Gasteiger partial charge in [-0.2, -0.15) is 0 Å². The van der Waals surface area contributed by atoms with Crippen LogP contribution in [-0.4, -0.2) is 23.7 Å². The lowest BCUT2D eigenvalue weighted by Crippen LogP contribution is -2.38. The van der Waals surface area contributed by atoms with Crippen molar-refractivity contribution in [2.45, 2.75) is 26.8 Å². The normalized spacial score (nSPS) is 14.1. The standard InChI is InChI=1S/C13H20N2O2/c1-8(7-16)10(3)15-13(17)11-5-4-6-12(14)9(11)2/h4-6,8,10,16H,7,14H2,1-3H3,(H,15,17). The van der Waals surface area contributed by atoms with Gasteiger partial charge in [0.25, 0.3) is 5.91 Å². The molecule has 0 bridgehead atoms. The first-order chi connectivity index (χ1) is 7.97. The second-order valence-electron chi connectivity index (χ2n) is 4.44. The van der Waals surface area contributed by atoms with E-state index in [4.69, 9.17) is 10.8 Å². The minimum atomic E-state index is -0.150. The first kappa shape index (κ1) is 13.5. The number of hydrogen-bond acceptors (Lipinski definition) is 3. The van der Waals surface area contributed by atoms with Crippen LogP contribution in [0.15, 0.2) is 18.2 Å². The van der Waals surface area contributed by atoms with Crippen LogP contribution in [0.1, 0.15) is 29.8 Å². The predicted octanol–water partition coefficient (Wildman–Crippen LogP) is 1.32. The molecular weight excluding hydrogens is 216 g/mol. The zero-order valence-electron chi connectivity index (χ0n) is 10.5. The zero-order chi connectivity index (χ0) is 13.0. The highest BCUT2D eigenvalue weighted by Gasteiger charge is 2.16. The Balaban J connectivity index is 2.80. The number of nitrogens with one attached hydrogen (secondary N) is 1. The second kappa shape index (κ2) is 5.68. The van der Waals surface area contributed by atoms with Crippen molar-refractivity contribution in [2.24, 2.45) is 5.92 Å². The number of amides is 1. The Labute approximate surface area is 102 Å². The van der Waals surface area contributed by atoms with Crippen LogP contribution in [0.2, 0.25) is 0 Å². The molecule has 1 aromatic rings. The summed E-state index contributed by atoms with van der Waals surface area (Å²) in [5, 5.41) is 11.9. The molecule has 0 saturated heterocycles. The zero-order valence-corrected chi connectivity index (χ0v) is 10.5. The van der Waals surface area contributed by atoms with Gasteiger partial charge < -0.3 is 16.2 Å².